The van der Waals surface area contributed by atoms with E-state index in [0.29, 0.717) is 11.5 Å². The molecule has 2 aromatic rings. The number of anilines is 1. The Morgan fingerprint density at radius 1 is 1.32 bits per heavy atom. The molecule has 1 aromatic carbocycles. The van der Waals surface area contributed by atoms with Gasteiger partial charge in [0.2, 0.25) is 0 Å². The van der Waals surface area contributed by atoms with Gasteiger partial charge < -0.3 is 14.6 Å². The number of carbonyl (C=O) groups excluding carboxylic acids is 2. The number of esters is 1. The molecule has 0 fully saturated rings. The molecule has 0 spiro atoms. The summed E-state index contributed by atoms with van der Waals surface area (Å²) in [5.41, 5.74) is 0.586. The van der Waals surface area contributed by atoms with Crippen LogP contribution in [0.3, 0.4) is 0 Å². The van der Waals surface area contributed by atoms with Crippen LogP contribution in [0, 0.1) is 19.7 Å². The molecule has 116 valence electrons. The molecule has 0 unspecified atom stereocenters. The van der Waals surface area contributed by atoms with Gasteiger partial charge in [0.15, 0.2) is 6.10 Å². The highest BCUT2D eigenvalue weighted by Gasteiger charge is 2.24. The Hall–Kier alpha value is -2.70. The van der Waals surface area contributed by atoms with Crippen molar-refractivity contribution >= 4 is 17.6 Å². The van der Waals surface area contributed by atoms with Gasteiger partial charge in [-0.3, -0.25) is 4.79 Å². The summed E-state index contributed by atoms with van der Waals surface area (Å²) >= 11 is 0. The number of nitrogens with one attached hydrogen (secondary N) is 1. The zero-order valence-electron chi connectivity index (χ0n) is 12.3. The summed E-state index contributed by atoms with van der Waals surface area (Å²) in [4.78, 5) is 24.0. The summed E-state index contributed by atoms with van der Waals surface area (Å²) < 4.78 is 23.4. The van der Waals surface area contributed by atoms with E-state index in [1.54, 1.807) is 19.9 Å². The first-order valence-corrected chi connectivity index (χ1v) is 6.59. The minimum atomic E-state index is -1.10. The molecular weight excluding hydrogens is 291 g/mol. The first kappa shape index (κ1) is 15.7. The van der Waals surface area contributed by atoms with Gasteiger partial charge in [0, 0.05) is 0 Å². The van der Waals surface area contributed by atoms with Gasteiger partial charge >= 0.3 is 5.97 Å². The number of hydrogen-bond donors (Lipinski definition) is 1. The van der Waals surface area contributed by atoms with Crippen molar-refractivity contribution in [2.45, 2.75) is 26.9 Å². The molecule has 1 atom stereocenters. The van der Waals surface area contributed by atoms with E-state index >= 15 is 0 Å². The lowest BCUT2D eigenvalue weighted by atomic mass is 10.2. The third-order valence-electron chi connectivity index (χ3n) is 3.02. The van der Waals surface area contributed by atoms with Crippen LogP contribution in [0.15, 0.2) is 28.8 Å². The van der Waals surface area contributed by atoms with E-state index in [1.165, 1.54) is 25.1 Å². The van der Waals surface area contributed by atoms with Gasteiger partial charge in [-0.15, -0.1) is 0 Å². The number of aromatic nitrogens is 1. The normalized spacial score (nSPS) is 11.8. The quantitative estimate of drug-likeness (QED) is 0.878. The Morgan fingerprint density at radius 2 is 2.00 bits per heavy atom. The van der Waals surface area contributed by atoms with Gasteiger partial charge in [-0.05, 0) is 32.9 Å². The number of carbonyl (C=O) groups is 2. The molecule has 0 saturated carbocycles. The lowest BCUT2D eigenvalue weighted by molar-refractivity contribution is -0.123. The van der Waals surface area contributed by atoms with Crippen LogP contribution >= 0.6 is 0 Å². The maximum Gasteiger partial charge on any atom is 0.344 e. The number of nitrogens with zero attached hydrogens (tertiary/aromatic N) is 1. The van der Waals surface area contributed by atoms with Crippen molar-refractivity contribution in [2.24, 2.45) is 0 Å². The molecule has 0 aliphatic carbocycles. The summed E-state index contributed by atoms with van der Waals surface area (Å²) in [6.07, 6.45) is -1.10. The minimum Gasteiger partial charge on any atom is -0.449 e. The predicted octanol–water partition coefficient (Wildman–Crippen LogP) is 2.61. The number of amides is 1. The monoisotopic (exact) mass is 306 g/mol. The van der Waals surface area contributed by atoms with Gasteiger partial charge in [-0.1, -0.05) is 17.3 Å². The van der Waals surface area contributed by atoms with Crippen molar-refractivity contribution in [3.63, 3.8) is 0 Å². The van der Waals surface area contributed by atoms with Crippen LogP contribution in [0.5, 0.6) is 0 Å². The Kier molecular flexibility index (Phi) is 4.55. The molecule has 6 nitrogen and oxygen atoms in total. The van der Waals surface area contributed by atoms with Gasteiger partial charge in [0.25, 0.3) is 5.91 Å². The predicted molar refractivity (Wildman–Crippen MR) is 75.9 cm³/mol. The SMILES string of the molecule is Cc1noc(C)c1C(=O)O[C@@H](C)C(=O)Nc1ccccc1F. The molecule has 0 aliphatic heterocycles. The fourth-order valence-electron chi connectivity index (χ4n) is 1.84. The van der Waals surface area contributed by atoms with E-state index in [0.717, 1.165) is 0 Å². The molecule has 2 rings (SSSR count). The Morgan fingerprint density at radius 3 is 2.59 bits per heavy atom. The number of para-hydroxylation sites is 1. The summed E-state index contributed by atoms with van der Waals surface area (Å²) in [6, 6.07) is 5.72. The second-order valence-corrected chi connectivity index (χ2v) is 4.72. The van der Waals surface area contributed by atoms with E-state index < -0.39 is 23.8 Å². The Labute approximate surface area is 126 Å². The molecule has 0 aliphatic rings. The smallest absolute Gasteiger partial charge is 0.344 e. The summed E-state index contributed by atoms with van der Waals surface area (Å²) in [5, 5.41) is 6.00. The maximum atomic E-state index is 13.5. The van der Waals surface area contributed by atoms with Crippen molar-refractivity contribution < 1.29 is 23.2 Å². The van der Waals surface area contributed by atoms with Crippen LogP contribution in [0.2, 0.25) is 0 Å². The lowest BCUT2D eigenvalue weighted by Gasteiger charge is -2.13. The molecule has 0 saturated heterocycles. The van der Waals surface area contributed by atoms with Crippen molar-refractivity contribution in [1.82, 2.24) is 5.16 Å². The third kappa shape index (κ3) is 3.30. The number of halogens is 1. The number of ether oxygens (including phenoxy) is 1. The largest absolute Gasteiger partial charge is 0.449 e. The van der Waals surface area contributed by atoms with Crippen molar-refractivity contribution in [3.8, 4) is 0 Å². The third-order valence-corrected chi connectivity index (χ3v) is 3.02. The summed E-state index contributed by atoms with van der Waals surface area (Å²) in [7, 11) is 0. The van der Waals surface area contributed by atoms with Crippen LogP contribution in [0.1, 0.15) is 28.7 Å². The highest BCUT2D eigenvalue weighted by Crippen LogP contribution is 2.16. The first-order chi connectivity index (χ1) is 10.4. The van der Waals surface area contributed by atoms with Crippen molar-refractivity contribution in [1.29, 1.82) is 0 Å². The molecule has 1 heterocycles. The fraction of sp³-hybridized carbons (Fsp3) is 0.267. The minimum absolute atomic E-state index is 0.0211. The van der Waals surface area contributed by atoms with Crippen LogP contribution in [-0.4, -0.2) is 23.1 Å². The Bertz CT molecular complexity index is 692. The maximum absolute atomic E-state index is 13.5. The number of rotatable bonds is 4. The zero-order valence-corrected chi connectivity index (χ0v) is 12.3. The number of benzene rings is 1. The molecule has 7 heteroatoms. The average Bonchev–Trinajstić information content (AvgIpc) is 2.80. The zero-order chi connectivity index (χ0) is 16.3. The lowest BCUT2D eigenvalue weighted by Crippen LogP contribution is -2.30. The fourth-order valence-corrected chi connectivity index (χ4v) is 1.84. The van der Waals surface area contributed by atoms with Gasteiger partial charge in [-0.2, -0.15) is 0 Å². The molecule has 22 heavy (non-hydrogen) atoms. The van der Waals surface area contributed by atoms with E-state index in [4.69, 9.17) is 9.26 Å². The Balaban J connectivity index is 2.03. The summed E-state index contributed by atoms with van der Waals surface area (Å²) in [5.74, 6) is -1.61. The van der Waals surface area contributed by atoms with Crippen molar-refractivity contribution in [2.75, 3.05) is 5.32 Å². The van der Waals surface area contributed by atoms with Crippen molar-refractivity contribution in [3.05, 3.63) is 47.1 Å². The summed E-state index contributed by atoms with van der Waals surface area (Å²) in [6.45, 7) is 4.56. The molecule has 0 bridgehead atoms. The highest BCUT2D eigenvalue weighted by atomic mass is 19.1. The van der Waals surface area contributed by atoms with E-state index in [2.05, 4.69) is 10.5 Å². The second-order valence-electron chi connectivity index (χ2n) is 4.72. The van der Waals surface area contributed by atoms with Gasteiger partial charge in [-0.25, -0.2) is 9.18 Å². The number of aryl methyl sites for hydroxylation is 2. The topological polar surface area (TPSA) is 81.4 Å². The average molecular weight is 306 g/mol. The number of hydrogen-bond acceptors (Lipinski definition) is 5. The highest BCUT2D eigenvalue weighted by molar-refractivity contribution is 5.98. The van der Waals surface area contributed by atoms with E-state index in [9.17, 15) is 14.0 Å². The standard InChI is InChI=1S/C15H15FN2O4/c1-8-13(9(2)22-18-8)15(20)21-10(3)14(19)17-12-7-5-4-6-11(12)16/h4-7,10H,1-3H3,(H,17,19)/t10-/m0/s1. The molecule has 1 aromatic heterocycles. The van der Waals surface area contributed by atoms with E-state index in [1.807, 2.05) is 0 Å². The first-order valence-electron chi connectivity index (χ1n) is 6.59. The second kappa shape index (κ2) is 6.38. The van der Waals surface area contributed by atoms with Crippen LogP contribution in [0.25, 0.3) is 0 Å². The van der Waals surface area contributed by atoms with Crippen LogP contribution in [-0.2, 0) is 9.53 Å². The molecular formula is C15H15FN2O4. The molecule has 0 radical (unpaired) electrons. The van der Waals surface area contributed by atoms with Crippen LogP contribution in [0.4, 0.5) is 10.1 Å². The molecule has 1 N–H and O–H groups in total. The molecule has 1 amide bonds. The van der Waals surface area contributed by atoms with E-state index in [-0.39, 0.29) is 11.3 Å². The van der Waals surface area contributed by atoms with Crippen LogP contribution < -0.4 is 5.32 Å². The van der Waals surface area contributed by atoms with Gasteiger partial charge in [0.1, 0.15) is 17.1 Å². The van der Waals surface area contributed by atoms with Gasteiger partial charge in [0.05, 0.1) is 11.4 Å².